The number of nitrogens with zero attached hydrogens (tertiary/aromatic N) is 5. The molecule has 3 aromatic rings. The van der Waals surface area contributed by atoms with Gasteiger partial charge in [-0.15, -0.1) is 0 Å². The molecule has 0 saturated carbocycles. The molecule has 1 N–H and O–H groups in total. The SMILES string of the molecule is COc1nc(N2C[C@@H]3C[C@H]2CO3)cc(-n2ncc3cc(C)c(C4CCNCC4F)cc32)n1. The average Bonchev–Trinajstić information content (AvgIpc) is 3.54. The van der Waals surface area contributed by atoms with Gasteiger partial charge in [0.05, 0.1) is 37.6 Å². The van der Waals surface area contributed by atoms with Gasteiger partial charge in [0.1, 0.15) is 12.0 Å². The van der Waals surface area contributed by atoms with Gasteiger partial charge < -0.3 is 19.7 Å². The van der Waals surface area contributed by atoms with Gasteiger partial charge in [-0.1, -0.05) is 0 Å². The zero-order chi connectivity index (χ0) is 21.8. The molecule has 32 heavy (non-hydrogen) atoms. The smallest absolute Gasteiger partial charge is 0.320 e. The molecule has 1 aromatic carbocycles. The predicted octanol–water partition coefficient (Wildman–Crippen LogP) is 2.53. The molecule has 4 atom stereocenters. The van der Waals surface area contributed by atoms with Gasteiger partial charge in [0.15, 0.2) is 5.82 Å². The lowest BCUT2D eigenvalue weighted by Gasteiger charge is -2.28. The van der Waals surface area contributed by atoms with Crippen molar-refractivity contribution in [2.24, 2.45) is 0 Å². The number of nitrogens with one attached hydrogen (secondary N) is 1. The van der Waals surface area contributed by atoms with Crippen molar-refractivity contribution >= 4 is 16.7 Å². The number of halogens is 1. The summed E-state index contributed by atoms with van der Waals surface area (Å²) in [6.45, 7) is 4.82. The third-order valence-corrected chi connectivity index (χ3v) is 7.04. The van der Waals surface area contributed by atoms with E-state index in [2.05, 4.69) is 44.3 Å². The Balaban J connectivity index is 1.44. The molecule has 0 spiro atoms. The van der Waals surface area contributed by atoms with Gasteiger partial charge >= 0.3 is 6.01 Å². The highest BCUT2D eigenvalue weighted by molar-refractivity contribution is 5.82. The van der Waals surface area contributed by atoms with Gasteiger partial charge in [-0.05, 0) is 49.6 Å². The van der Waals surface area contributed by atoms with Crippen LogP contribution in [0.5, 0.6) is 6.01 Å². The summed E-state index contributed by atoms with van der Waals surface area (Å²) in [6.07, 6.45) is 3.01. The number of alkyl halides is 1. The van der Waals surface area contributed by atoms with Crippen LogP contribution in [0.4, 0.5) is 10.2 Å². The van der Waals surface area contributed by atoms with Gasteiger partial charge in [0, 0.05) is 30.5 Å². The van der Waals surface area contributed by atoms with Crippen molar-refractivity contribution in [3.05, 3.63) is 35.5 Å². The molecule has 5 heterocycles. The number of anilines is 1. The Bertz CT molecular complexity index is 1170. The molecule has 0 amide bonds. The standard InChI is InChI=1S/C23H27FN6O2/c1-13-5-14-9-26-30(20(14)7-18(13)17-3-4-25-10-19(17)24)22-8-21(27-23(28-22)31-2)29-11-16-6-15(29)12-32-16/h5,7-9,15-17,19,25H,3-4,6,10-12H2,1-2H3/t15-,16-,17?,19?/m0/s1. The maximum atomic E-state index is 14.7. The second kappa shape index (κ2) is 7.67. The number of piperidine rings is 1. The average molecular weight is 439 g/mol. The van der Waals surface area contributed by atoms with Crippen molar-refractivity contribution < 1.29 is 13.9 Å². The molecular weight excluding hydrogens is 411 g/mol. The molecule has 3 aliphatic rings. The Kier molecular flexibility index (Phi) is 4.76. The van der Waals surface area contributed by atoms with Crippen LogP contribution in [0.3, 0.4) is 0 Å². The normalized spacial score (nSPS) is 27.4. The van der Waals surface area contributed by atoms with Crippen LogP contribution >= 0.6 is 0 Å². The van der Waals surface area contributed by atoms with Crippen LogP contribution in [-0.2, 0) is 4.74 Å². The summed E-state index contributed by atoms with van der Waals surface area (Å²) in [6, 6.07) is 6.77. The molecule has 168 valence electrons. The molecule has 3 aliphatic heterocycles. The van der Waals surface area contributed by atoms with Crippen molar-refractivity contribution in [2.75, 3.05) is 38.3 Å². The zero-order valence-corrected chi connectivity index (χ0v) is 18.3. The lowest BCUT2D eigenvalue weighted by Crippen LogP contribution is -2.37. The first-order valence-corrected chi connectivity index (χ1v) is 11.3. The third-order valence-electron chi connectivity index (χ3n) is 7.04. The molecular formula is C23H27FN6O2. The molecule has 0 radical (unpaired) electrons. The van der Waals surface area contributed by atoms with Crippen LogP contribution in [0.25, 0.3) is 16.7 Å². The summed E-state index contributed by atoms with van der Waals surface area (Å²) in [7, 11) is 1.57. The number of ether oxygens (including phenoxy) is 2. The zero-order valence-electron chi connectivity index (χ0n) is 18.3. The molecule has 8 nitrogen and oxygen atoms in total. The summed E-state index contributed by atoms with van der Waals surface area (Å²) < 4.78 is 27.7. The van der Waals surface area contributed by atoms with Gasteiger partial charge in [0.25, 0.3) is 0 Å². The molecule has 2 bridgehead atoms. The Morgan fingerprint density at radius 3 is 2.84 bits per heavy atom. The third kappa shape index (κ3) is 3.22. The first-order chi connectivity index (χ1) is 15.6. The Hall–Kier alpha value is -2.78. The summed E-state index contributed by atoms with van der Waals surface area (Å²) in [5, 5.41) is 8.77. The Morgan fingerprint density at radius 2 is 2.09 bits per heavy atom. The van der Waals surface area contributed by atoms with Crippen molar-refractivity contribution in [3.63, 3.8) is 0 Å². The van der Waals surface area contributed by atoms with Crippen molar-refractivity contribution in [3.8, 4) is 11.8 Å². The monoisotopic (exact) mass is 438 g/mol. The Morgan fingerprint density at radius 1 is 1.22 bits per heavy atom. The van der Waals surface area contributed by atoms with Crippen LogP contribution in [0, 0.1) is 6.92 Å². The van der Waals surface area contributed by atoms with Crippen LogP contribution in [0.2, 0.25) is 0 Å². The molecule has 3 saturated heterocycles. The van der Waals surface area contributed by atoms with E-state index in [4.69, 9.17) is 9.47 Å². The minimum absolute atomic E-state index is 0.111. The largest absolute Gasteiger partial charge is 0.467 e. The van der Waals surface area contributed by atoms with Crippen molar-refractivity contribution in [2.45, 2.75) is 44.0 Å². The minimum Gasteiger partial charge on any atom is -0.467 e. The molecule has 2 aromatic heterocycles. The number of aryl methyl sites for hydroxylation is 1. The number of aromatic nitrogens is 4. The molecule has 2 unspecified atom stereocenters. The van der Waals surface area contributed by atoms with Crippen LogP contribution in [0.15, 0.2) is 24.4 Å². The number of hydrogen-bond acceptors (Lipinski definition) is 7. The summed E-state index contributed by atoms with van der Waals surface area (Å²) in [5.74, 6) is 1.35. The second-order valence-electron chi connectivity index (χ2n) is 9.01. The fourth-order valence-electron chi connectivity index (χ4n) is 5.39. The summed E-state index contributed by atoms with van der Waals surface area (Å²) in [5.41, 5.74) is 3.05. The molecule has 3 fully saturated rings. The van der Waals surface area contributed by atoms with E-state index in [1.807, 2.05) is 16.9 Å². The molecule has 0 aliphatic carbocycles. The minimum atomic E-state index is -0.894. The van der Waals surface area contributed by atoms with Gasteiger partial charge in [-0.3, -0.25) is 0 Å². The highest BCUT2D eigenvalue weighted by Gasteiger charge is 2.40. The van der Waals surface area contributed by atoms with Crippen LogP contribution in [-0.4, -0.2) is 71.4 Å². The van der Waals surface area contributed by atoms with Crippen molar-refractivity contribution in [1.82, 2.24) is 25.1 Å². The first-order valence-electron chi connectivity index (χ1n) is 11.3. The van der Waals surface area contributed by atoms with Gasteiger partial charge in [-0.25, -0.2) is 9.07 Å². The number of hydrogen-bond donors (Lipinski definition) is 1. The lowest BCUT2D eigenvalue weighted by atomic mass is 9.85. The van der Waals surface area contributed by atoms with E-state index in [1.54, 1.807) is 7.11 Å². The van der Waals surface area contributed by atoms with Crippen molar-refractivity contribution in [1.29, 1.82) is 0 Å². The number of methoxy groups -OCH3 is 1. The van der Waals surface area contributed by atoms with E-state index in [-0.39, 0.29) is 12.0 Å². The predicted molar refractivity (Wildman–Crippen MR) is 119 cm³/mol. The molecule has 6 rings (SSSR count). The van der Waals surface area contributed by atoms with Crippen LogP contribution < -0.4 is 15.0 Å². The lowest BCUT2D eigenvalue weighted by molar-refractivity contribution is 0.0988. The maximum absolute atomic E-state index is 14.7. The van der Waals surface area contributed by atoms with E-state index in [9.17, 15) is 4.39 Å². The van der Waals surface area contributed by atoms with E-state index < -0.39 is 6.17 Å². The van der Waals surface area contributed by atoms with Gasteiger partial charge in [0.2, 0.25) is 0 Å². The van der Waals surface area contributed by atoms with Crippen LogP contribution in [0.1, 0.15) is 29.9 Å². The fraction of sp³-hybridized carbons (Fsp3) is 0.522. The molecule has 9 heteroatoms. The van der Waals surface area contributed by atoms with Gasteiger partial charge in [-0.2, -0.15) is 15.1 Å². The topological polar surface area (TPSA) is 77.3 Å². The summed E-state index contributed by atoms with van der Waals surface area (Å²) in [4.78, 5) is 11.4. The maximum Gasteiger partial charge on any atom is 0.320 e. The van der Waals surface area contributed by atoms with E-state index in [0.717, 1.165) is 60.4 Å². The Labute approximate surface area is 185 Å². The van der Waals surface area contributed by atoms with E-state index in [0.29, 0.717) is 24.4 Å². The number of benzene rings is 1. The fourth-order valence-corrected chi connectivity index (χ4v) is 5.39. The highest BCUT2D eigenvalue weighted by atomic mass is 19.1. The van der Waals surface area contributed by atoms with E-state index in [1.165, 1.54) is 0 Å². The number of rotatable bonds is 4. The highest BCUT2D eigenvalue weighted by Crippen LogP contribution is 2.35. The second-order valence-corrected chi connectivity index (χ2v) is 9.01. The quantitative estimate of drug-likeness (QED) is 0.671. The summed E-state index contributed by atoms with van der Waals surface area (Å²) >= 11 is 0. The first kappa shape index (κ1) is 19.9. The van der Waals surface area contributed by atoms with E-state index >= 15 is 0 Å². The number of fused-ring (bicyclic) bond motifs is 3. The number of morpholine rings is 1.